The number of rotatable bonds is 12. The fourth-order valence-corrected chi connectivity index (χ4v) is 7.73. The van der Waals surface area contributed by atoms with Gasteiger partial charge in [0.2, 0.25) is 5.89 Å². The number of nitrogens with zero attached hydrogens (tertiary/aromatic N) is 10. The van der Waals surface area contributed by atoms with E-state index < -0.39 is 12.3 Å². The smallest absolute Gasteiger partial charge is 0.324 e. The molecule has 4 amide bonds. The lowest BCUT2D eigenvalue weighted by molar-refractivity contribution is -0.0738. The lowest BCUT2D eigenvalue weighted by Crippen LogP contribution is -2.59. The van der Waals surface area contributed by atoms with Crippen LogP contribution in [0.2, 0.25) is 0 Å². The van der Waals surface area contributed by atoms with Crippen LogP contribution in [-0.4, -0.2) is 155 Å². The maximum absolute atomic E-state index is 13.5. The molecule has 3 aromatic heterocycles. The zero-order valence-corrected chi connectivity index (χ0v) is 35.3. The van der Waals surface area contributed by atoms with Gasteiger partial charge in [-0.1, -0.05) is 36.4 Å². The number of alkyl halides is 2. The first-order valence-electron chi connectivity index (χ1n) is 21.4. The van der Waals surface area contributed by atoms with Crippen LogP contribution in [0.15, 0.2) is 102 Å². The van der Waals surface area contributed by atoms with Gasteiger partial charge in [-0.05, 0) is 48.5 Å². The number of anilines is 2. The summed E-state index contributed by atoms with van der Waals surface area (Å²) < 4.78 is 41.0. The minimum absolute atomic E-state index is 0.0277. The molecule has 0 spiro atoms. The second kappa shape index (κ2) is 21.0. The number of nitrogens with two attached hydrogens (primary N) is 1. The number of pyridine rings is 2. The van der Waals surface area contributed by atoms with E-state index >= 15 is 0 Å². The highest BCUT2D eigenvalue weighted by atomic mass is 19.3. The van der Waals surface area contributed by atoms with Crippen LogP contribution in [0.5, 0.6) is 0 Å². The van der Waals surface area contributed by atoms with Gasteiger partial charge in [-0.25, -0.2) is 9.59 Å². The Bertz CT molecular complexity index is 2290. The van der Waals surface area contributed by atoms with Gasteiger partial charge in [-0.3, -0.25) is 34.4 Å². The first-order chi connectivity index (χ1) is 31.2. The standard InChI is InChI=1S/C23H24F2N6O3.C22H27N5O3/c24-20(25)22-28-27-21(34-22)16-6-7-17(26-12-16)13-31(18-4-2-1-3-5-18)23(32)30-10-8-29(9-11-30)19-14-33-15-19;23-12-21(28)17-6-7-18(24-13-17)14-27(19-4-2-1-3-5-19)22(29)26-10-8-25(9-11-26)20-15-30-16-20/h1-7,12,19-20H,8-11,13-15H2;1-7,13,20H,8-12,14-16,23H2. The Kier molecular flexibility index (Phi) is 14.5. The number of amides is 4. The maximum Gasteiger partial charge on any atom is 0.324 e. The van der Waals surface area contributed by atoms with E-state index in [0.29, 0.717) is 67.3 Å². The predicted octanol–water partition coefficient (Wildman–Crippen LogP) is 4.58. The molecule has 4 fully saturated rings. The van der Waals surface area contributed by atoms with Gasteiger partial charge < -0.3 is 29.4 Å². The van der Waals surface area contributed by atoms with Crippen LogP contribution in [0.1, 0.15) is 34.1 Å². The van der Waals surface area contributed by atoms with E-state index in [1.54, 1.807) is 34.1 Å². The maximum atomic E-state index is 13.5. The zero-order valence-electron chi connectivity index (χ0n) is 35.3. The molecule has 5 aromatic rings. The first kappa shape index (κ1) is 44.4. The molecule has 0 radical (unpaired) electrons. The molecule has 0 bridgehead atoms. The predicted molar refractivity (Wildman–Crippen MR) is 232 cm³/mol. The number of carbonyl (C=O) groups excluding carboxylic acids is 3. The molecule has 7 heterocycles. The number of Topliss-reactive ketones (excluding diaryl/α,β-unsaturated/α-hetero) is 1. The number of ketones is 1. The molecule has 2 N–H and O–H groups in total. The fraction of sp³-hybridized carbons (Fsp3) is 0.400. The number of hydrogen-bond donors (Lipinski definition) is 1. The molecule has 4 saturated heterocycles. The minimum Gasteiger partial charge on any atom is -0.415 e. The third kappa shape index (κ3) is 10.7. The molecule has 9 rings (SSSR count). The molecule has 0 aliphatic carbocycles. The SMILES string of the molecule is NCC(=O)c1ccc(CN(C(=O)N2CCN(C3COC3)CC2)c2ccccc2)nc1.O=C(N1CCN(C2COC2)CC1)N(Cc1ccc(-c2nnc(C(F)F)o2)cn1)c1ccccc1. The summed E-state index contributed by atoms with van der Waals surface area (Å²) in [6.45, 7) is 9.67. The number of aromatic nitrogens is 4. The van der Waals surface area contributed by atoms with Crippen LogP contribution in [0.25, 0.3) is 11.5 Å². The van der Waals surface area contributed by atoms with Crippen molar-refractivity contribution in [1.82, 2.24) is 39.8 Å². The van der Waals surface area contributed by atoms with Gasteiger partial charge in [0.15, 0.2) is 5.78 Å². The van der Waals surface area contributed by atoms with Crippen LogP contribution in [0.3, 0.4) is 0 Å². The molecule has 4 aliphatic heterocycles. The summed E-state index contributed by atoms with van der Waals surface area (Å²) in [5.41, 5.74) is 9.27. The largest absolute Gasteiger partial charge is 0.415 e. The molecule has 0 atom stereocenters. The average Bonchev–Trinajstić information content (AvgIpc) is 3.81. The van der Waals surface area contributed by atoms with E-state index in [4.69, 9.17) is 19.6 Å². The molecule has 2 aromatic carbocycles. The van der Waals surface area contributed by atoms with Crippen LogP contribution in [-0.2, 0) is 22.6 Å². The van der Waals surface area contributed by atoms with Gasteiger partial charge >= 0.3 is 18.5 Å². The monoisotopic (exact) mass is 879 g/mol. The fourth-order valence-electron chi connectivity index (χ4n) is 7.73. The second-order valence-corrected chi connectivity index (χ2v) is 15.8. The third-order valence-electron chi connectivity index (χ3n) is 11.7. The molecule has 0 unspecified atom stereocenters. The molecule has 0 saturated carbocycles. The minimum atomic E-state index is -2.83. The number of para-hydroxylation sites is 2. The van der Waals surface area contributed by atoms with Gasteiger partial charge in [0.25, 0.3) is 5.89 Å². The van der Waals surface area contributed by atoms with Gasteiger partial charge in [0.05, 0.1) is 75.1 Å². The van der Waals surface area contributed by atoms with Crippen molar-refractivity contribution in [3.05, 3.63) is 120 Å². The van der Waals surface area contributed by atoms with Crippen LogP contribution in [0.4, 0.5) is 29.7 Å². The van der Waals surface area contributed by atoms with Crippen molar-refractivity contribution in [2.24, 2.45) is 5.73 Å². The number of urea groups is 2. The number of ether oxygens (including phenoxy) is 2. The van der Waals surface area contributed by atoms with E-state index in [2.05, 4.69) is 30.0 Å². The van der Waals surface area contributed by atoms with Gasteiger partial charge in [-0.15, -0.1) is 10.2 Å². The van der Waals surface area contributed by atoms with Crippen molar-refractivity contribution in [2.75, 3.05) is 95.1 Å². The summed E-state index contributed by atoms with van der Waals surface area (Å²) in [6, 6.07) is 26.8. The van der Waals surface area contributed by atoms with Crippen molar-refractivity contribution < 1.29 is 37.1 Å². The van der Waals surface area contributed by atoms with Crippen LogP contribution < -0.4 is 15.5 Å². The highest BCUT2D eigenvalue weighted by molar-refractivity contribution is 5.97. The Hall–Kier alpha value is -6.25. The lowest BCUT2D eigenvalue weighted by Gasteiger charge is -2.43. The van der Waals surface area contributed by atoms with E-state index in [0.717, 1.165) is 64.0 Å². The molecule has 4 aliphatic rings. The summed E-state index contributed by atoms with van der Waals surface area (Å²) in [5.74, 6) is -0.912. The Morgan fingerprint density at radius 1 is 0.641 bits per heavy atom. The Morgan fingerprint density at radius 2 is 1.12 bits per heavy atom. The Morgan fingerprint density at radius 3 is 1.50 bits per heavy atom. The van der Waals surface area contributed by atoms with E-state index in [-0.39, 0.29) is 36.8 Å². The molecule has 19 heteroatoms. The first-order valence-corrected chi connectivity index (χ1v) is 21.4. The summed E-state index contributed by atoms with van der Waals surface area (Å²) in [7, 11) is 0. The molecular weight excluding hydrogens is 829 g/mol. The summed E-state index contributed by atoms with van der Waals surface area (Å²) in [5, 5.41) is 6.98. The third-order valence-corrected chi connectivity index (χ3v) is 11.7. The van der Waals surface area contributed by atoms with Crippen molar-refractivity contribution in [3.8, 4) is 11.5 Å². The Labute approximate surface area is 369 Å². The lowest BCUT2D eigenvalue weighted by atomic mass is 10.1. The number of hydrogen-bond acceptors (Lipinski definition) is 13. The van der Waals surface area contributed by atoms with Crippen molar-refractivity contribution in [3.63, 3.8) is 0 Å². The normalized spacial score (nSPS) is 17.2. The number of carbonyl (C=O) groups is 3. The van der Waals surface area contributed by atoms with Gasteiger partial charge in [0.1, 0.15) is 0 Å². The summed E-state index contributed by atoms with van der Waals surface area (Å²) >= 11 is 0. The number of piperazine rings is 2. The molecule has 336 valence electrons. The molecular formula is C45H51F2N11O6. The summed E-state index contributed by atoms with van der Waals surface area (Å²) in [6.07, 6.45) is 0.172. The highest BCUT2D eigenvalue weighted by Crippen LogP contribution is 2.25. The van der Waals surface area contributed by atoms with Crippen LogP contribution in [0, 0.1) is 0 Å². The Balaban J connectivity index is 0.000000176. The van der Waals surface area contributed by atoms with Crippen molar-refractivity contribution in [2.45, 2.75) is 31.6 Å². The molecule has 64 heavy (non-hydrogen) atoms. The molecule has 17 nitrogen and oxygen atoms in total. The van der Waals surface area contributed by atoms with Gasteiger partial charge in [-0.2, -0.15) is 8.78 Å². The van der Waals surface area contributed by atoms with E-state index in [1.807, 2.05) is 70.5 Å². The van der Waals surface area contributed by atoms with Crippen LogP contribution >= 0.6 is 0 Å². The van der Waals surface area contributed by atoms with Gasteiger partial charge in [0, 0.05) is 81.7 Å². The van der Waals surface area contributed by atoms with Crippen molar-refractivity contribution >= 4 is 29.2 Å². The topological polar surface area (TPSA) is 180 Å². The van der Waals surface area contributed by atoms with Crippen molar-refractivity contribution in [1.29, 1.82) is 0 Å². The summed E-state index contributed by atoms with van der Waals surface area (Å²) in [4.78, 5) is 59.4. The number of halogens is 2. The average molecular weight is 880 g/mol. The zero-order chi connectivity index (χ0) is 44.4. The quantitative estimate of drug-likeness (QED) is 0.172. The van der Waals surface area contributed by atoms with E-state index in [9.17, 15) is 23.2 Å². The number of benzene rings is 2. The highest BCUT2D eigenvalue weighted by Gasteiger charge is 2.34. The second-order valence-electron chi connectivity index (χ2n) is 15.8. The van der Waals surface area contributed by atoms with E-state index in [1.165, 1.54) is 12.4 Å².